The predicted octanol–water partition coefficient (Wildman–Crippen LogP) is 2.17. The number of aromatic nitrogens is 2. The lowest BCUT2D eigenvalue weighted by molar-refractivity contribution is 0.367. The van der Waals surface area contributed by atoms with Gasteiger partial charge >= 0.3 is 0 Å². The fourth-order valence-corrected chi connectivity index (χ4v) is 1.67. The van der Waals surface area contributed by atoms with Crippen LogP contribution in [0.2, 0.25) is 5.02 Å². The average Bonchev–Trinajstić information content (AvgIpc) is 2.72. The Morgan fingerprint density at radius 2 is 2.29 bits per heavy atom. The van der Waals surface area contributed by atoms with Crippen molar-refractivity contribution in [2.24, 2.45) is 0 Å². The van der Waals surface area contributed by atoms with Gasteiger partial charge < -0.3 is 9.84 Å². The second kappa shape index (κ2) is 5.25. The Morgan fingerprint density at radius 1 is 1.47 bits per heavy atom. The van der Waals surface area contributed by atoms with E-state index in [0.29, 0.717) is 28.8 Å². The SMILES string of the molecule is CNCc1nc(Cc2c(F)cccc2Cl)no1. The van der Waals surface area contributed by atoms with Gasteiger partial charge in [0.1, 0.15) is 5.82 Å². The minimum atomic E-state index is -0.363. The zero-order valence-corrected chi connectivity index (χ0v) is 9.96. The maximum absolute atomic E-state index is 13.5. The van der Waals surface area contributed by atoms with E-state index in [1.54, 1.807) is 19.2 Å². The van der Waals surface area contributed by atoms with Crippen LogP contribution in [0.1, 0.15) is 17.3 Å². The lowest BCUT2D eigenvalue weighted by Gasteiger charge is -2.01. The van der Waals surface area contributed by atoms with Gasteiger partial charge in [-0.25, -0.2) is 4.39 Å². The molecule has 1 heterocycles. The van der Waals surface area contributed by atoms with Crippen molar-refractivity contribution in [3.05, 3.63) is 46.3 Å². The first kappa shape index (κ1) is 12.0. The van der Waals surface area contributed by atoms with Crippen molar-refractivity contribution in [3.63, 3.8) is 0 Å². The molecule has 17 heavy (non-hydrogen) atoms. The molecule has 0 fully saturated rings. The van der Waals surface area contributed by atoms with Crippen molar-refractivity contribution in [1.82, 2.24) is 15.5 Å². The summed E-state index contributed by atoms with van der Waals surface area (Å²) in [6, 6.07) is 4.55. The molecule has 0 amide bonds. The largest absolute Gasteiger partial charge is 0.338 e. The van der Waals surface area contributed by atoms with E-state index in [1.165, 1.54) is 6.07 Å². The molecule has 2 rings (SSSR count). The number of nitrogens with zero attached hydrogens (tertiary/aromatic N) is 2. The molecule has 0 radical (unpaired) electrons. The second-order valence-corrected chi connectivity index (χ2v) is 3.92. The summed E-state index contributed by atoms with van der Waals surface area (Å²) in [6.07, 6.45) is 0.221. The quantitative estimate of drug-likeness (QED) is 0.910. The monoisotopic (exact) mass is 255 g/mol. The topological polar surface area (TPSA) is 51.0 Å². The lowest BCUT2D eigenvalue weighted by Crippen LogP contribution is -2.05. The molecule has 1 N–H and O–H groups in total. The smallest absolute Gasteiger partial charge is 0.240 e. The summed E-state index contributed by atoms with van der Waals surface area (Å²) >= 11 is 5.91. The van der Waals surface area contributed by atoms with Gasteiger partial charge in [-0.1, -0.05) is 22.8 Å². The highest BCUT2D eigenvalue weighted by Gasteiger charge is 2.12. The van der Waals surface area contributed by atoms with E-state index in [2.05, 4.69) is 15.5 Å². The van der Waals surface area contributed by atoms with Crippen molar-refractivity contribution >= 4 is 11.6 Å². The lowest BCUT2D eigenvalue weighted by atomic mass is 10.1. The molecule has 0 aliphatic heterocycles. The van der Waals surface area contributed by atoms with Crippen molar-refractivity contribution in [3.8, 4) is 0 Å². The standard InChI is InChI=1S/C11H11ClFN3O/c1-14-6-11-15-10(16-17-11)5-7-8(12)3-2-4-9(7)13/h2-4,14H,5-6H2,1H3. The van der Waals surface area contributed by atoms with Crippen LogP contribution in [-0.4, -0.2) is 17.2 Å². The molecule has 0 unspecified atom stereocenters. The summed E-state index contributed by atoms with van der Waals surface area (Å²) in [5.41, 5.74) is 0.381. The van der Waals surface area contributed by atoms with Gasteiger partial charge in [-0.3, -0.25) is 0 Å². The fourth-order valence-electron chi connectivity index (χ4n) is 1.44. The molecule has 4 nitrogen and oxygen atoms in total. The summed E-state index contributed by atoms with van der Waals surface area (Å²) < 4.78 is 18.5. The third-order valence-corrected chi connectivity index (χ3v) is 2.59. The van der Waals surface area contributed by atoms with Gasteiger partial charge in [-0.05, 0) is 19.2 Å². The molecular weight excluding hydrogens is 245 g/mol. The number of hydrogen-bond acceptors (Lipinski definition) is 4. The summed E-state index contributed by atoms with van der Waals surface area (Å²) in [5.74, 6) is 0.523. The summed E-state index contributed by atoms with van der Waals surface area (Å²) in [5, 5.41) is 7.01. The Morgan fingerprint density at radius 3 is 3.00 bits per heavy atom. The van der Waals surface area contributed by atoms with E-state index in [9.17, 15) is 4.39 Å². The summed E-state index contributed by atoms with van der Waals surface area (Å²) in [4.78, 5) is 4.11. The van der Waals surface area contributed by atoms with E-state index in [4.69, 9.17) is 16.1 Å². The highest BCUT2D eigenvalue weighted by molar-refractivity contribution is 6.31. The van der Waals surface area contributed by atoms with Crippen molar-refractivity contribution in [2.45, 2.75) is 13.0 Å². The van der Waals surface area contributed by atoms with Crippen molar-refractivity contribution < 1.29 is 8.91 Å². The molecule has 2 aromatic rings. The fraction of sp³-hybridized carbons (Fsp3) is 0.273. The molecule has 0 spiro atoms. The van der Waals surface area contributed by atoms with Crippen LogP contribution in [0.4, 0.5) is 4.39 Å². The third-order valence-electron chi connectivity index (χ3n) is 2.23. The Hall–Kier alpha value is -1.46. The normalized spacial score (nSPS) is 10.8. The van der Waals surface area contributed by atoms with Crippen LogP contribution in [0.3, 0.4) is 0 Å². The van der Waals surface area contributed by atoms with Crippen molar-refractivity contribution in [1.29, 1.82) is 0 Å². The number of nitrogens with one attached hydrogen (secondary N) is 1. The van der Waals surface area contributed by atoms with Gasteiger partial charge in [0, 0.05) is 17.0 Å². The van der Waals surface area contributed by atoms with Crippen LogP contribution in [0.25, 0.3) is 0 Å². The van der Waals surface area contributed by atoms with E-state index < -0.39 is 0 Å². The van der Waals surface area contributed by atoms with Gasteiger partial charge in [0.2, 0.25) is 5.89 Å². The molecule has 1 aromatic carbocycles. The summed E-state index contributed by atoms with van der Waals surface area (Å²) in [7, 11) is 1.78. The zero-order chi connectivity index (χ0) is 12.3. The second-order valence-electron chi connectivity index (χ2n) is 3.51. The minimum absolute atomic E-state index is 0.221. The number of halogens is 2. The molecule has 0 saturated heterocycles. The van der Waals surface area contributed by atoms with Crippen LogP contribution in [0.5, 0.6) is 0 Å². The molecule has 0 saturated carbocycles. The predicted molar refractivity (Wildman–Crippen MR) is 61.3 cm³/mol. The molecule has 6 heteroatoms. The van der Waals surface area contributed by atoms with Crippen molar-refractivity contribution in [2.75, 3.05) is 7.05 Å². The first-order valence-electron chi connectivity index (χ1n) is 5.09. The van der Waals surface area contributed by atoms with Gasteiger partial charge in [-0.2, -0.15) is 4.98 Å². The molecule has 1 aromatic heterocycles. The highest BCUT2D eigenvalue weighted by Crippen LogP contribution is 2.21. The van der Waals surface area contributed by atoms with E-state index in [0.717, 1.165) is 0 Å². The average molecular weight is 256 g/mol. The van der Waals surface area contributed by atoms with Gasteiger partial charge in [0.05, 0.1) is 6.54 Å². The first-order chi connectivity index (χ1) is 8.20. The Labute approximate surface area is 103 Å². The maximum atomic E-state index is 13.5. The third kappa shape index (κ3) is 2.81. The van der Waals surface area contributed by atoms with Gasteiger partial charge in [0.25, 0.3) is 0 Å². The van der Waals surface area contributed by atoms with Crippen LogP contribution in [0.15, 0.2) is 22.7 Å². The Bertz CT molecular complexity index is 495. The first-order valence-corrected chi connectivity index (χ1v) is 5.47. The molecule has 0 atom stereocenters. The molecule has 0 bridgehead atoms. The minimum Gasteiger partial charge on any atom is -0.338 e. The molecule has 0 aliphatic carbocycles. The molecule has 90 valence electrons. The maximum Gasteiger partial charge on any atom is 0.240 e. The van der Waals surface area contributed by atoms with Crippen LogP contribution >= 0.6 is 11.6 Å². The molecular formula is C11H11ClFN3O. The number of benzene rings is 1. The van der Waals surface area contributed by atoms with Crippen LogP contribution < -0.4 is 5.32 Å². The van der Waals surface area contributed by atoms with E-state index in [1.807, 2.05) is 0 Å². The van der Waals surface area contributed by atoms with E-state index in [-0.39, 0.29) is 12.2 Å². The zero-order valence-electron chi connectivity index (χ0n) is 9.20. The number of hydrogen-bond donors (Lipinski definition) is 1. The highest BCUT2D eigenvalue weighted by atomic mass is 35.5. The van der Waals surface area contributed by atoms with Gasteiger partial charge in [-0.15, -0.1) is 0 Å². The number of rotatable bonds is 4. The van der Waals surface area contributed by atoms with Gasteiger partial charge in [0.15, 0.2) is 5.82 Å². The van der Waals surface area contributed by atoms with Crippen LogP contribution in [0, 0.1) is 5.82 Å². The Kier molecular flexibility index (Phi) is 3.71. The van der Waals surface area contributed by atoms with E-state index >= 15 is 0 Å². The summed E-state index contributed by atoms with van der Waals surface area (Å²) in [6.45, 7) is 0.484. The Balaban J connectivity index is 2.19. The molecule has 0 aliphatic rings. The van der Waals surface area contributed by atoms with Crippen LogP contribution in [-0.2, 0) is 13.0 Å².